The van der Waals surface area contributed by atoms with Gasteiger partial charge in [-0.15, -0.1) is 0 Å². The Morgan fingerprint density at radius 1 is 1.11 bits per heavy atom. The highest BCUT2D eigenvalue weighted by Gasteiger charge is 2.39. The standard InChI is InChI=1S/C21H33N3O3/c1-13(2)27-16-9-7-14(8-10-16)17(18(22)25)19(26)23-15-11-20(3,4)24-21(5,6)12-15/h7-10,13,15,17,24H,11-12H2,1-6H3,(H2,22,25)(H,23,26)/t17-/m0/s1. The Kier molecular flexibility index (Phi) is 6.20. The van der Waals surface area contributed by atoms with Gasteiger partial charge in [-0.05, 0) is 72.1 Å². The van der Waals surface area contributed by atoms with Gasteiger partial charge in [0.15, 0.2) is 0 Å². The van der Waals surface area contributed by atoms with E-state index in [4.69, 9.17) is 10.5 Å². The van der Waals surface area contributed by atoms with Crippen molar-refractivity contribution < 1.29 is 14.3 Å². The van der Waals surface area contributed by atoms with Crippen LogP contribution in [0.3, 0.4) is 0 Å². The molecule has 2 rings (SSSR count). The van der Waals surface area contributed by atoms with Crippen molar-refractivity contribution in [2.75, 3.05) is 0 Å². The predicted octanol–water partition coefficient (Wildman–Crippen LogP) is 2.47. The Hall–Kier alpha value is -2.08. The van der Waals surface area contributed by atoms with E-state index in [1.807, 2.05) is 13.8 Å². The van der Waals surface area contributed by atoms with Gasteiger partial charge >= 0.3 is 0 Å². The summed E-state index contributed by atoms with van der Waals surface area (Å²) >= 11 is 0. The Balaban J connectivity index is 2.14. The quantitative estimate of drug-likeness (QED) is 0.666. The fraction of sp³-hybridized carbons (Fsp3) is 0.619. The lowest BCUT2D eigenvalue weighted by atomic mass is 9.79. The molecule has 0 aromatic heterocycles. The third-order valence-electron chi connectivity index (χ3n) is 4.67. The molecule has 1 fully saturated rings. The van der Waals surface area contributed by atoms with E-state index in [-0.39, 0.29) is 29.1 Å². The van der Waals surface area contributed by atoms with Gasteiger partial charge in [-0.2, -0.15) is 0 Å². The summed E-state index contributed by atoms with van der Waals surface area (Å²) in [5.74, 6) is -1.32. The maximum atomic E-state index is 12.9. The van der Waals surface area contributed by atoms with Gasteiger partial charge in [-0.3, -0.25) is 9.59 Å². The van der Waals surface area contributed by atoms with Crippen LogP contribution in [0.2, 0.25) is 0 Å². The average Bonchev–Trinajstić information content (AvgIpc) is 2.44. The number of carbonyl (C=O) groups excluding carboxylic acids is 2. The molecule has 0 unspecified atom stereocenters. The summed E-state index contributed by atoms with van der Waals surface area (Å²) in [6, 6.07) is 6.95. The molecule has 2 amide bonds. The summed E-state index contributed by atoms with van der Waals surface area (Å²) in [4.78, 5) is 24.9. The van der Waals surface area contributed by atoms with Crippen LogP contribution >= 0.6 is 0 Å². The van der Waals surface area contributed by atoms with Crippen LogP contribution in [0.4, 0.5) is 0 Å². The van der Waals surface area contributed by atoms with Gasteiger partial charge in [-0.1, -0.05) is 12.1 Å². The largest absolute Gasteiger partial charge is 0.491 e. The molecule has 1 aliphatic rings. The van der Waals surface area contributed by atoms with E-state index in [1.54, 1.807) is 24.3 Å². The fourth-order valence-corrected chi connectivity index (χ4v) is 4.16. The monoisotopic (exact) mass is 375 g/mol. The zero-order valence-corrected chi connectivity index (χ0v) is 17.3. The second-order valence-electron chi connectivity index (χ2n) is 9.08. The molecule has 27 heavy (non-hydrogen) atoms. The zero-order chi connectivity index (χ0) is 20.4. The third kappa shape index (κ3) is 5.96. The van der Waals surface area contributed by atoms with E-state index in [0.29, 0.717) is 11.3 Å². The number of ether oxygens (including phenoxy) is 1. The number of piperidine rings is 1. The second-order valence-corrected chi connectivity index (χ2v) is 9.08. The van der Waals surface area contributed by atoms with Crippen LogP contribution in [0, 0.1) is 0 Å². The van der Waals surface area contributed by atoms with Gasteiger partial charge in [-0.25, -0.2) is 0 Å². The molecule has 1 heterocycles. The normalized spacial score (nSPS) is 20.1. The number of nitrogens with one attached hydrogen (secondary N) is 2. The van der Waals surface area contributed by atoms with Crippen LogP contribution in [-0.2, 0) is 9.59 Å². The molecule has 1 saturated heterocycles. The van der Waals surface area contributed by atoms with Gasteiger partial charge in [0.1, 0.15) is 11.7 Å². The first-order valence-electron chi connectivity index (χ1n) is 9.54. The minimum atomic E-state index is -1.01. The van der Waals surface area contributed by atoms with Crippen LogP contribution in [0.25, 0.3) is 0 Å². The molecule has 0 spiro atoms. The van der Waals surface area contributed by atoms with Crippen molar-refractivity contribution in [3.63, 3.8) is 0 Å². The minimum absolute atomic E-state index is 0.0193. The number of hydrogen-bond acceptors (Lipinski definition) is 4. The van der Waals surface area contributed by atoms with Crippen molar-refractivity contribution in [2.45, 2.75) is 83.5 Å². The van der Waals surface area contributed by atoms with Crippen LogP contribution in [0.5, 0.6) is 5.75 Å². The third-order valence-corrected chi connectivity index (χ3v) is 4.67. The topological polar surface area (TPSA) is 93.5 Å². The van der Waals surface area contributed by atoms with E-state index in [2.05, 4.69) is 38.3 Å². The Morgan fingerprint density at radius 2 is 1.63 bits per heavy atom. The minimum Gasteiger partial charge on any atom is -0.491 e. The maximum Gasteiger partial charge on any atom is 0.237 e. The first-order chi connectivity index (χ1) is 12.4. The highest BCUT2D eigenvalue weighted by molar-refractivity contribution is 6.05. The van der Waals surface area contributed by atoms with E-state index in [1.165, 1.54) is 0 Å². The van der Waals surface area contributed by atoms with Crippen molar-refractivity contribution >= 4 is 11.8 Å². The molecule has 1 aliphatic heterocycles. The lowest BCUT2D eigenvalue weighted by Gasteiger charge is -2.46. The number of amides is 2. The highest BCUT2D eigenvalue weighted by Crippen LogP contribution is 2.29. The second kappa shape index (κ2) is 7.89. The number of hydrogen-bond donors (Lipinski definition) is 3. The summed E-state index contributed by atoms with van der Waals surface area (Å²) in [6.07, 6.45) is 1.63. The summed E-state index contributed by atoms with van der Waals surface area (Å²) in [7, 11) is 0. The summed E-state index contributed by atoms with van der Waals surface area (Å²) in [6.45, 7) is 12.3. The highest BCUT2D eigenvalue weighted by atomic mass is 16.5. The molecule has 1 atom stereocenters. The van der Waals surface area contributed by atoms with Gasteiger partial charge in [0, 0.05) is 17.1 Å². The average molecular weight is 376 g/mol. The molecule has 150 valence electrons. The number of primary amides is 1. The van der Waals surface area contributed by atoms with Crippen LogP contribution in [0.1, 0.15) is 65.9 Å². The molecule has 0 radical (unpaired) electrons. The first-order valence-corrected chi connectivity index (χ1v) is 9.54. The van der Waals surface area contributed by atoms with Crippen molar-refractivity contribution in [1.82, 2.24) is 10.6 Å². The molecule has 6 nitrogen and oxygen atoms in total. The Labute approximate surface area is 162 Å². The molecule has 0 aliphatic carbocycles. The number of nitrogens with two attached hydrogens (primary N) is 1. The molecular formula is C21H33N3O3. The van der Waals surface area contributed by atoms with Crippen molar-refractivity contribution in [3.8, 4) is 5.75 Å². The lowest BCUT2D eigenvalue weighted by molar-refractivity contribution is -0.130. The van der Waals surface area contributed by atoms with Crippen LogP contribution < -0.4 is 21.1 Å². The maximum absolute atomic E-state index is 12.9. The summed E-state index contributed by atoms with van der Waals surface area (Å²) < 4.78 is 5.61. The zero-order valence-electron chi connectivity index (χ0n) is 17.3. The molecule has 1 aromatic carbocycles. The van der Waals surface area contributed by atoms with Gasteiger partial charge in [0.2, 0.25) is 11.8 Å². The SMILES string of the molecule is CC(C)Oc1ccc([C@@H](C(N)=O)C(=O)NC2CC(C)(C)NC(C)(C)C2)cc1. The molecule has 0 bridgehead atoms. The lowest BCUT2D eigenvalue weighted by Crippen LogP contribution is -2.62. The van der Waals surface area contributed by atoms with E-state index >= 15 is 0 Å². The smallest absolute Gasteiger partial charge is 0.237 e. The van der Waals surface area contributed by atoms with Crippen molar-refractivity contribution in [2.24, 2.45) is 5.73 Å². The summed E-state index contributed by atoms with van der Waals surface area (Å²) in [5.41, 5.74) is 5.93. The van der Waals surface area contributed by atoms with Crippen molar-refractivity contribution in [3.05, 3.63) is 29.8 Å². The molecule has 6 heteroatoms. The first kappa shape index (κ1) is 21.2. The summed E-state index contributed by atoms with van der Waals surface area (Å²) in [5, 5.41) is 6.63. The Bertz CT molecular complexity index is 664. The Morgan fingerprint density at radius 3 is 2.07 bits per heavy atom. The molecule has 4 N–H and O–H groups in total. The number of carbonyl (C=O) groups is 2. The number of rotatable bonds is 6. The van der Waals surface area contributed by atoms with E-state index in [0.717, 1.165) is 12.8 Å². The predicted molar refractivity (Wildman–Crippen MR) is 107 cm³/mol. The molecule has 0 saturated carbocycles. The van der Waals surface area contributed by atoms with Gasteiger partial charge in [0.25, 0.3) is 0 Å². The molecule has 1 aromatic rings. The van der Waals surface area contributed by atoms with Gasteiger partial charge < -0.3 is 21.1 Å². The fourth-order valence-electron chi connectivity index (χ4n) is 4.16. The number of benzene rings is 1. The van der Waals surface area contributed by atoms with Gasteiger partial charge in [0.05, 0.1) is 6.10 Å². The van der Waals surface area contributed by atoms with Crippen molar-refractivity contribution in [1.29, 1.82) is 0 Å². The molecular weight excluding hydrogens is 342 g/mol. The van der Waals surface area contributed by atoms with E-state index in [9.17, 15) is 9.59 Å². The van der Waals surface area contributed by atoms with Crippen LogP contribution in [-0.4, -0.2) is 35.0 Å². The van der Waals surface area contributed by atoms with Crippen LogP contribution in [0.15, 0.2) is 24.3 Å². The van der Waals surface area contributed by atoms with E-state index < -0.39 is 11.8 Å².